The topological polar surface area (TPSA) is 6.48 Å². The van der Waals surface area contributed by atoms with Crippen LogP contribution in [0.25, 0.3) is 66.1 Å². The second-order valence-corrected chi connectivity index (χ2v) is 19.9. The fourth-order valence-corrected chi connectivity index (χ4v) is 12.5. The first-order chi connectivity index (χ1) is 38.3. The molecule has 0 aliphatic heterocycles. The van der Waals surface area contributed by atoms with Gasteiger partial charge in [0.2, 0.25) is 0 Å². The van der Waals surface area contributed by atoms with Gasteiger partial charge in [-0.2, -0.15) is 0 Å². The lowest BCUT2D eigenvalue weighted by Gasteiger charge is -2.36. The third-order valence-corrected chi connectivity index (χ3v) is 15.7. The van der Waals surface area contributed by atoms with Crippen molar-refractivity contribution >= 4 is 55.7 Å². The zero-order chi connectivity index (χ0) is 51.1. The predicted molar refractivity (Wildman–Crippen MR) is 324 cm³/mol. The third kappa shape index (κ3) is 7.64. The van der Waals surface area contributed by atoms with Crippen LogP contribution >= 0.6 is 0 Å². The molecule has 0 heterocycles. The summed E-state index contributed by atoms with van der Waals surface area (Å²) in [6, 6.07) is 116. The molecule has 0 fully saturated rings. The van der Waals surface area contributed by atoms with Crippen molar-refractivity contribution < 1.29 is 0 Å². The predicted octanol–water partition coefficient (Wildman–Crippen LogP) is 20.3. The molecular formula is C75H52N2. The Morgan fingerprint density at radius 2 is 0.532 bits per heavy atom. The minimum absolute atomic E-state index is 0.558. The molecule has 1 aliphatic rings. The normalized spacial score (nSPS) is 12.3. The van der Waals surface area contributed by atoms with Gasteiger partial charge in [0.25, 0.3) is 0 Å². The van der Waals surface area contributed by atoms with Crippen molar-refractivity contribution in [1.82, 2.24) is 0 Å². The molecule has 13 aromatic carbocycles. The molecule has 0 N–H and O–H groups in total. The molecule has 1 aliphatic carbocycles. The molecule has 0 radical (unpaired) electrons. The number of nitrogens with zero attached hydrogens (tertiary/aromatic N) is 2. The summed E-state index contributed by atoms with van der Waals surface area (Å²) in [5.74, 6) is 0. The van der Waals surface area contributed by atoms with E-state index in [1.165, 1.54) is 61.2 Å². The number of fused-ring (bicyclic) bond motifs is 5. The fourth-order valence-electron chi connectivity index (χ4n) is 12.5. The van der Waals surface area contributed by atoms with E-state index in [9.17, 15) is 0 Å². The average Bonchev–Trinajstić information content (AvgIpc) is 4.10. The first kappa shape index (κ1) is 45.6. The van der Waals surface area contributed by atoms with Crippen molar-refractivity contribution in [3.8, 4) is 44.5 Å². The van der Waals surface area contributed by atoms with Crippen LogP contribution in [0.4, 0.5) is 34.1 Å². The summed E-state index contributed by atoms with van der Waals surface area (Å²) >= 11 is 0. The first-order valence-electron chi connectivity index (χ1n) is 26.6. The molecule has 0 unspecified atom stereocenters. The van der Waals surface area contributed by atoms with Crippen LogP contribution in [0, 0.1) is 0 Å². The number of rotatable bonds is 11. The van der Waals surface area contributed by atoms with Gasteiger partial charge in [-0.05, 0) is 115 Å². The van der Waals surface area contributed by atoms with Crippen molar-refractivity contribution in [1.29, 1.82) is 0 Å². The minimum atomic E-state index is -0.558. The minimum Gasteiger partial charge on any atom is -0.309 e. The van der Waals surface area contributed by atoms with Gasteiger partial charge >= 0.3 is 0 Å². The first-order valence-corrected chi connectivity index (χ1v) is 26.6. The molecule has 0 bridgehead atoms. The monoisotopic (exact) mass is 980 g/mol. The SMILES string of the molecule is c1ccc(-c2ccccc2-c2ccccc2-c2cccc(N(c3ccccc3)c3c4ccccc4c(N(c4ccccc4)c4cccc(C5(c6ccccc6)c6ccccc6-c6ccccc65)c4)c4ccccc34)c2)cc1. The van der Waals surface area contributed by atoms with E-state index in [0.29, 0.717) is 0 Å². The van der Waals surface area contributed by atoms with Crippen LogP contribution in [0.3, 0.4) is 0 Å². The van der Waals surface area contributed by atoms with E-state index in [4.69, 9.17) is 0 Å². The lowest BCUT2D eigenvalue weighted by atomic mass is 9.67. The van der Waals surface area contributed by atoms with Gasteiger partial charge in [0, 0.05) is 44.3 Å². The Morgan fingerprint density at radius 3 is 1.03 bits per heavy atom. The van der Waals surface area contributed by atoms with E-state index in [1.54, 1.807) is 0 Å². The lowest BCUT2D eigenvalue weighted by Crippen LogP contribution is -2.28. The van der Waals surface area contributed by atoms with E-state index in [2.05, 4.69) is 325 Å². The number of benzene rings is 13. The Hall–Kier alpha value is -10.0. The maximum absolute atomic E-state index is 2.50. The van der Waals surface area contributed by atoms with Gasteiger partial charge in [0.1, 0.15) is 0 Å². The number of para-hydroxylation sites is 2. The highest BCUT2D eigenvalue weighted by molar-refractivity contribution is 6.23. The van der Waals surface area contributed by atoms with Gasteiger partial charge in [0.05, 0.1) is 16.8 Å². The van der Waals surface area contributed by atoms with Crippen LogP contribution in [0.1, 0.15) is 22.3 Å². The molecule has 0 atom stereocenters. The summed E-state index contributed by atoms with van der Waals surface area (Å²) < 4.78 is 0. The largest absolute Gasteiger partial charge is 0.309 e. The molecule has 0 saturated heterocycles. The Bertz CT molecular complexity index is 4180. The molecule has 2 nitrogen and oxygen atoms in total. The average molecular weight is 981 g/mol. The molecule has 362 valence electrons. The molecule has 77 heavy (non-hydrogen) atoms. The molecule has 13 aromatic rings. The highest BCUT2D eigenvalue weighted by Gasteiger charge is 2.46. The van der Waals surface area contributed by atoms with Crippen molar-refractivity contribution in [2.24, 2.45) is 0 Å². The van der Waals surface area contributed by atoms with E-state index < -0.39 is 5.41 Å². The summed E-state index contributed by atoms with van der Waals surface area (Å²) in [6.45, 7) is 0. The Kier molecular flexibility index (Phi) is 11.5. The van der Waals surface area contributed by atoms with E-state index in [0.717, 1.165) is 61.2 Å². The zero-order valence-electron chi connectivity index (χ0n) is 42.4. The van der Waals surface area contributed by atoms with E-state index in [-0.39, 0.29) is 0 Å². The Labute approximate surface area is 450 Å². The second-order valence-electron chi connectivity index (χ2n) is 19.9. The number of anilines is 6. The van der Waals surface area contributed by atoms with Crippen LogP contribution in [0.5, 0.6) is 0 Å². The van der Waals surface area contributed by atoms with Crippen molar-refractivity contribution in [3.63, 3.8) is 0 Å². The summed E-state index contributed by atoms with van der Waals surface area (Å²) in [6.07, 6.45) is 0. The smallest absolute Gasteiger partial charge is 0.0714 e. The molecule has 0 spiro atoms. The molecule has 0 saturated carbocycles. The van der Waals surface area contributed by atoms with Gasteiger partial charge in [-0.3, -0.25) is 0 Å². The van der Waals surface area contributed by atoms with Gasteiger partial charge in [0.15, 0.2) is 0 Å². The molecule has 2 heteroatoms. The van der Waals surface area contributed by atoms with Gasteiger partial charge in [-0.15, -0.1) is 0 Å². The lowest BCUT2D eigenvalue weighted by molar-refractivity contribution is 0.768. The maximum Gasteiger partial charge on any atom is 0.0714 e. The number of hydrogen-bond donors (Lipinski definition) is 0. The van der Waals surface area contributed by atoms with Crippen LogP contribution in [0.15, 0.2) is 315 Å². The van der Waals surface area contributed by atoms with E-state index in [1.807, 2.05) is 0 Å². The highest BCUT2D eigenvalue weighted by Crippen LogP contribution is 2.58. The second kappa shape index (κ2) is 19.4. The Morgan fingerprint density at radius 1 is 0.208 bits per heavy atom. The van der Waals surface area contributed by atoms with Crippen molar-refractivity contribution in [3.05, 3.63) is 338 Å². The van der Waals surface area contributed by atoms with Gasteiger partial charge in [-0.1, -0.05) is 267 Å². The number of hydrogen-bond acceptors (Lipinski definition) is 2. The summed E-state index contributed by atoms with van der Waals surface area (Å²) in [5, 5.41) is 4.57. The molecule has 0 amide bonds. The third-order valence-electron chi connectivity index (χ3n) is 15.7. The maximum atomic E-state index is 2.50. The Balaban J connectivity index is 0.990. The molecule has 0 aromatic heterocycles. The van der Waals surface area contributed by atoms with Crippen LogP contribution in [0.2, 0.25) is 0 Å². The highest BCUT2D eigenvalue weighted by atomic mass is 15.2. The van der Waals surface area contributed by atoms with Crippen molar-refractivity contribution in [2.75, 3.05) is 9.80 Å². The van der Waals surface area contributed by atoms with Crippen molar-refractivity contribution in [2.45, 2.75) is 5.41 Å². The van der Waals surface area contributed by atoms with Gasteiger partial charge < -0.3 is 9.80 Å². The molecular weight excluding hydrogens is 929 g/mol. The quantitative estimate of drug-likeness (QED) is 0.0941. The summed E-state index contributed by atoms with van der Waals surface area (Å²) in [4.78, 5) is 4.98. The summed E-state index contributed by atoms with van der Waals surface area (Å²) in [7, 11) is 0. The summed E-state index contributed by atoms with van der Waals surface area (Å²) in [5.41, 5.74) is 20.7. The van der Waals surface area contributed by atoms with Crippen LogP contribution < -0.4 is 9.80 Å². The van der Waals surface area contributed by atoms with Crippen LogP contribution in [-0.2, 0) is 5.41 Å². The van der Waals surface area contributed by atoms with E-state index >= 15 is 0 Å². The van der Waals surface area contributed by atoms with Crippen LogP contribution in [-0.4, -0.2) is 0 Å². The van der Waals surface area contributed by atoms with Gasteiger partial charge in [-0.25, -0.2) is 0 Å². The molecule has 14 rings (SSSR count). The standard InChI is InChI=1S/C75H52N2/c1-5-27-53(28-6-1)61-39-13-15-41-63(61)64-42-16-14-40-62(64)54-29-25-37-59(51-54)76(57-33-9-3-10-34-57)73-67-45-17-19-47-69(67)74(70-48-20-18-46-68(70)73)77(58-35-11-4-12-36-58)60-38-26-32-56(52-60)75(55-30-7-2-8-31-55)71-49-23-21-43-65(71)66-44-22-24-50-72(66)75/h1-52H. The zero-order valence-corrected chi connectivity index (χ0v) is 42.4. The fraction of sp³-hybridized carbons (Fsp3) is 0.0133.